The molecule has 1 aliphatic rings. The van der Waals surface area contributed by atoms with Crippen LogP contribution in [0, 0.1) is 25.2 Å². The Balaban J connectivity index is 1.66. The number of nitriles is 1. The van der Waals surface area contributed by atoms with Crippen LogP contribution in [0.3, 0.4) is 0 Å². The fraction of sp³-hybridized carbons (Fsp3) is 0.429. The quantitative estimate of drug-likeness (QED) is 0.710. The van der Waals surface area contributed by atoms with Crippen LogP contribution in [-0.2, 0) is 21.8 Å². The Morgan fingerprint density at radius 2 is 2.14 bits per heavy atom. The highest BCUT2D eigenvalue weighted by Gasteiger charge is 2.23. The zero-order valence-corrected chi connectivity index (χ0v) is 17.7. The maximum absolute atomic E-state index is 12.5. The molecule has 148 valence electrons. The first-order valence-corrected chi connectivity index (χ1v) is 10.9. The van der Waals surface area contributed by atoms with Gasteiger partial charge in [0.05, 0.1) is 24.0 Å². The smallest absolute Gasteiger partial charge is 0.235 e. The number of carbonyl (C=O) groups excluding carboxylic acids is 1. The molecule has 1 N–H and O–H groups in total. The number of halogens is 1. The van der Waals surface area contributed by atoms with Crippen LogP contribution in [-0.4, -0.2) is 28.9 Å². The van der Waals surface area contributed by atoms with Crippen molar-refractivity contribution in [2.45, 2.75) is 45.1 Å². The van der Waals surface area contributed by atoms with E-state index in [4.69, 9.17) is 16.3 Å². The van der Waals surface area contributed by atoms with Crippen LogP contribution in [0.5, 0.6) is 0 Å². The van der Waals surface area contributed by atoms with Crippen LogP contribution in [0.4, 0.5) is 5.82 Å². The summed E-state index contributed by atoms with van der Waals surface area (Å²) in [6.07, 6.45) is 2.19. The molecule has 0 bridgehead atoms. The highest BCUT2D eigenvalue weighted by atomic mass is 35.5. The molecule has 1 aromatic carbocycles. The molecule has 0 unspecified atom stereocenters. The minimum atomic E-state index is -0.110. The van der Waals surface area contributed by atoms with Gasteiger partial charge in [-0.2, -0.15) is 5.26 Å². The van der Waals surface area contributed by atoms with E-state index in [2.05, 4.69) is 11.4 Å². The number of nitrogens with one attached hydrogen (secondary N) is 1. The second kappa shape index (κ2) is 9.51. The van der Waals surface area contributed by atoms with Crippen LogP contribution >= 0.6 is 23.4 Å². The Morgan fingerprint density at radius 1 is 1.39 bits per heavy atom. The third kappa shape index (κ3) is 4.91. The van der Waals surface area contributed by atoms with Gasteiger partial charge in [-0.25, -0.2) is 0 Å². The van der Waals surface area contributed by atoms with E-state index in [1.807, 2.05) is 42.7 Å². The number of aromatic nitrogens is 1. The fourth-order valence-electron chi connectivity index (χ4n) is 3.36. The van der Waals surface area contributed by atoms with Crippen molar-refractivity contribution in [2.24, 2.45) is 0 Å². The van der Waals surface area contributed by atoms with Crippen molar-refractivity contribution in [2.75, 3.05) is 17.7 Å². The lowest BCUT2D eigenvalue weighted by Crippen LogP contribution is -2.22. The molecule has 1 saturated heterocycles. The summed E-state index contributed by atoms with van der Waals surface area (Å²) in [5, 5.41) is 13.3. The lowest BCUT2D eigenvalue weighted by Gasteiger charge is -2.16. The van der Waals surface area contributed by atoms with E-state index >= 15 is 0 Å². The summed E-state index contributed by atoms with van der Waals surface area (Å²) in [5.74, 6) is 1.52. The first-order valence-electron chi connectivity index (χ1n) is 9.33. The molecule has 0 spiro atoms. The number of carbonyl (C=O) groups is 1. The lowest BCUT2D eigenvalue weighted by molar-refractivity contribution is -0.113. The monoisotopic (exact) mass is 417 g/mol. The number of anilines is 1. The molecule has 1 atom stereocenters. The van der Waals surface area contributed by atoms with Crippen molar-refractivity contribution in [3.63, 3.8) is 0 Å². The Morgan fingerprint density at radius 3 is 2.79 bits per heavy atom. The third-order valence-corrected chi connectivity index (χ3v) is 6.28. The van der Waals surface area contributed by atoms with Gasteiger partial charge in [0.25, 0.3) is 0 Å². The first-order chi connectivity index (χ1) is 13.5. The summed E-state index contributed by atoms with van der Waals surface area (Å²) in [5.41, 5.74) is 3.56. The number of rotatable bonds is 7. The Bertz CT molecular complexity index is 881. The number of ether oxygens (including phenoxy) is 1. The van der Waals surface area contributed by atoms with Crippen molar-refractivity contribution >= 4 is 35.1 Å². The topological polar surface area (TPSA) is 67.0 Å². The molecule has 5 nitrogen and oxygen atoms in total. The molecular weight excluding hydrogens is 394 g/mol. The highest BCUT2D eigenvalue weighted by molar-refractivity contribution is 7.99. The number of benzene rings is 1. The van der Waals surface area contributed by atoms with Crippen molar-refractivity contribution in [3.8, 4) is 6.07 Å². The van der Waals surface area contributed by atoms with Crippen molar-refractivity contribution in [3.05, 3.63) is 51.7 Å². The average molecular weight is 418 g/mol. The van der Waals surface area contributed by atoms with Crippen LogP contribution < -0.4 is 5.32 Å². The zero-order chi connectivity index (χ0) is 20.1. The molecule has 28 heavy (non-hydrogen) atoms. The summed E-state index contributed by atoms with van der Waals surface area (Å²) in [7, 11) is 0. The summed E-state index contributed by atoms with van der Waals surface area (Å²) >= 11 is 7.43. The van der Waals surface area contributed by atoms with Gasteiger partial charge in [0.1, 0.15) is 11.9 Å². The predicted molar refractivity (Wildman–Crippen MR) is 114 cm³/mol. The van der Waals surface area contributed by atoms with Crippen LogP contribution in [0.25, 0.3) is 0 Å². The summed E-state index contributed by atoms with van der Waals surface area (Å²) in [6, 6.07) is 9.86. The van der Waals surface area contributed by atoms with E-state index in [0.717, 1.165) is 42.0 Å². The molecule has 0 aliphatic carbocycles. The predicted octanol–water partition coefficient (Wildman–Crippen LogP) is 4.68. The highest BCUT2D eigenvalue weighted by Crippen LogP contribution is 2.28. The average Bonchev–Trinajstić information content (AvgIpc) is 3.26. The fourth-order valence-corrected chi connectivity index (χ4v) is 4.27. The van der Waals surface area contributed by atoms with Gasteiger partial charge in [-0.05, 0) is 49.9 Å². The molecule has 2 aromatic rings. The first kappa shape index (κ1) is 20.8. The van der Waals surface area contributed by atoms with E-state index < -0.39 is 0 Å². The number of nitrogens with zero attached hydrogens (tertiary/aromatic N) is 2. The Kier molecular flexibility index (Phi) is 7.06. The van der Waals surface area contributed by atoms with Gasteiger partial charge in [-0.1, -0.05) is 23.7 Å². The molecular formula is C21H24ClN3O2S. The number of hydrogen-bond acceptors (Lipinski definition) is 4. The Hall–Kier alpha value is -1.94. The third-order valence-electron chi connectivity index (χ3n) is 5.02. The van der Waals surface area contributed by atoms with Crippen LogP contribution in [0.15, 0.2) is 24.3 Å². The second-order valence-corrected chi connectivity index (χ2v) is 8.38. The largest absolute Gasteiger partial charge is 0.376 e. The van der Waals surface area contributed by atoms with Gasteiger partial charge >= 0.3 is 0 Å². The van der Waals surface area contributed by atoms with Gasteiger partial charge in [0.2, 0.25) is 5.91 Å². The molecule has 2 heterocycles. The molecule has 7 heteroatoms. The van der Waals surface area contributed by atoms with Crippen LogP contribution in [0.1, 0.15) is 35.2 Å². The minimum absolute atomic E-state index is 0.110. The summed E-state index contributed by atoms with van der Waals surface area (Å²) in [4.78, 5) is 12.5. The molecule has 1 fully saturated rings. The molecule has 0 saturated carbocycles. The normalized spacial score (nSPS) is 16.1. The maximum Gasteiger partial charge on any atom is 0.235 e. The molecule has 1 aromatic heterocycles. The Labute approximate surface area is 175 Å². The van der Waals surface area contributed by atoms with Crippen molar-refractivity contribution in [1.82, 2.24) is 4.57 Å². The standard InChI is InChI=1S/C21H24ClN3O2S/c1-14-15(2)25(11-18-4-3-9-27-18)21(19(14)10-23)24-20(26)13-28-12-16-5-7-17(22)8-6-16/h5-8,18H,3-4,9,11-13H2,1-2H3,(H,24,26)/t18-/m1/s1. The van der Waals surface area contributed by atoms with E-state index in [1.165, 1.54) is 11.8 Å². The van der Waals surface area contributed by atoms with E-state index in [9.17, 15) is 10.1 Å². The molecule has 1 aliphatic heterocycles. The van der Waals surface area contributed by atoms with Crippen molar-refractivity contribution < 1.29 is 9.53 Å². The van der Waals surface area contributed by atoms with Gasteiger partial charge in [-0.3, -0.25) is 4.79 Å². The van der Waals surface area contributed by atoms with Gasteiger partial charge in [0.15, 0.2) is 0 Å². The summed E-state index contributed by atoms with van der Waals surface area (Å²) < 4.78 is 7.77. The van der Waals surface area contributed by atoms with Crippen LogP contribution in [0.2, 0.25) is 5.02 Å². The zero-order valence-electron chi connectivity index (χ0n) is 16.1. The maximum atomic E-state index is 12.5. The van der Waals surface area contributed by atoms with Gasteiger partial charge in [-0.15, -0.1) is 11.8 Å². The minimum Gasteiger partial charge on any atom is -0.376 e. The number of hydrogen-bond donors (Lipinski definition) is 1. The SMILES string of the molecule is Cc1c(C#N)c(NC(=O)CSCc2ccc(Cl)cc2)n(C[C@H]2CCCO2)c1C. The van der Waals surface area contributed by atoms with Gasteiger partial charge in [0, 0.05) is 23.1 Å². The lowest BCUT2D eigenvalue weighted by atomic mass is 10.2. The second-order valence-electron chi connectivity index (χ2n) is 6.96. The van der Waals surface area contributed by atoms with E-state index in [1.54, 1.807) is 0 Å². The van der Waals surface area contributed by atoms with E-state index in [0.29, 0.717) is 28.7 Å². The number of amides is 1. The molecule has 0 radical (unpaired) electrons. The summed E-state index contributed by atoms with van der Waals surface area (Å²) in [6.45, 7) is 5.33. The molecule has 3 rings (SSSR count). The van der Waals surface area contributed by atoms with Gasteiger partial charge < -0.3 is 14.6 Å². The number of thioether (sulfide) groups is 1. The van der Waals surface area contributed by atoms with E-state index in [-0.39, 0.29) is 12.0 Å². The molecule has 1 amide bonds. The van der Waals surface area contributed by atoms with Crippen molar-refractivity contribution in [1.29, 1.82) is 5.26 Å².